The Morgan fingerprint density at radius 3 is 2.36 bits per heavy atom. The van der Waals surface area contributed by atoms with Gasteiger partial charge in [0, 0.05) is 23.6 Å². The molecule has 1 saturated heterocycles. The molecule has 0 saturated carbocycles. The normalized spacial score (nSPS) is 15.5. The fourth-order valence-electron chi connectivity index (χ4n) is 3.77. The lowest BCUT2D eigenvalue weighted by atomic mass is 9.89. The highest BCUT2D eigenvalue weighted by molar-refractivity contribution is 5.97. The Morgan fingerprint density at radius 1 is 0.929 bits per heavy atom. The summed E-state index contributed by atoms with van der Waals surface area (Å²) in [7, 11) is 0. The highest BCUT2D eigenvalue weighted by Gasteiger charge is 2.25. The molecule has 2 aromatic carbocycles. The third-order valence-electron chi connectivity index (χ3n) is 5.35. The van der Waals surface area contributed by atoms with E-state index in [2.05, 4.69) is 4.90 Å². The zero-order valence-electron chi connectivity index (χ0n) is 15.7. The van der Waals surface area contributed by atoms with Crippen LogP contribution >= 0.6 is 0 Å². The third kappa shape index (κ3) is 4.34. The maximum Gasteiger partial charge on any atom is 0.166 e. The third-order valence-corrected chi connectivity index (χ3v) is 5.35. The van der Waals surface area contributed by atoms with Crippen molar-refractivity contribution in [2.45, 2.75) is 19.4 Å². The van der Waals surface area contributed by atoms with E-state index in [9.17, 15) is 9.18 Å². The number of hydrogen-bond acceptors (Lipinski definition) is 3. The smallest absolute Gasteiger partial charge is 0.166 e. The average Bonchev–Trinajstić information content (AvgIpc) is 2.75. The maximum absolute atomic E-state index is 13.1. The number of rotatable bonds is 5. The topological polar surface area (TPSA) is 33.2 Å². The Labute approximate surface area is 164 Å². The van der Waals surface area contributed by atoms with E-state index in [1.54, 1.807) is 12.1 Å². The SMILES string of the molecule is O=C(c1ccccc1)C1CCN(Cc2cccc(-c3ccc(F)cc3)n2)CC1. The van der Waals surface area contributed by atoms with E-state index in [-0.39, 0.29) is 17.5 Å². The lowest BCUT2D eigenvalue weighted by Crippen LogP contribution is -2.36. The molecule has 0 amide bonds. The molecule has 0 spiro atoms. The standard InChI is InChI=1S/C24H23FN2O/c25-21-11-9-18(10-12-21)23-8-4-7-22(26-23)17-27-15-13-20(14-16-27)24(28)19-5-2-1-3-6-19/h1-12,20H,13-17H2. The molecule has 0 bridgehead atoms. The van der Waals surface area contributed by atoms with Crippen molar-refractivity contribution in [1.29, 1.82) is 0 Å². The first-order valence-electron chi connectivity index (χ1n) is 9.72. The summed E-state index contributed by atoms with van der Waals surface area (Å²) in [5.74, 6) is 0.127. The van der Waals surface area contributed by atoms with E-state index in [1.807, 2.05) is 48.5 Å². The van der Waals surface area contributed by atoms with Gasteiger partial charge in [0.05, 0.1) is 11.4 Å². The monoisotopic (exact) mass is 374 g/mol. The van der Waals surface area contributed by atoms with Crippen LogP contribution in [0.25, 0.3) is 11.3 Å². The van der Waals surface area contributed by atoms with Crippen molar-refractivity contribution in [3.63, 3.8) is 0 Å². The van der Waals surface area contributed by atoms with Crippen molar-refractivity contribution in [2.24, 2.45) is 5.92 Å². The minimum absolute atomic E-state index is 0.108. The van der Waals surface area contributed by atoms with Crippen molar-refractivity contribution in [2.75, 3.05) is 13.1 Å². The molecule has 4 heteroatoms. The first-order chi connectivity index (χ1) is 13.7. The molecule has 2 heterocycles. The van der Waals surface area contributed by atoms with Gasteiger partial charge >= 0.3 is 0 Å². The largest absolute Gasteiger partial charge is 0.297 e. The quantitative estimate of drug-likeness (QED) is 0.591. The van der Waals surface area contributed by atoms with Gasteiger partial charge in [-0.3, -0.25) is 14.7 Å². The van der Waals surface area contributed by atoms with Gasteiger partial charge in [-0.1, -0.05) is 36.4 Å². The molecule has 0 unspecified atom stereocenters. The molecule has 1 aromatic heterocycles. The van der Waals surface area contributed by atoms with Gasteiger partial charge in [-0.2, -0.15) is 0 Å². The number of hydrogen-bond donors (Lipinski definition) is 0. The lowest BCUT2D eigenvalue weighted by Gasteiger charge is -2.31. The molecule has 1 fully saturated rings. The summed E-state index contributed by atoms with van der Waals surface area (Å²) < 4.78 is 13.1. The van der Waals surface area contributed by atoms with Crippen molar-refractivity contribution in [1.82, 2.24) is 9.88 Å². The molecule has 1 aliphatic rings. The van der Waals surface area contributed by atoms with Gasteiger partial charge in [-0.05, 0) is 62.3 Å². The summed E-state index contributed by atoms with van der Waals surface area (Å²) in [4.78, 5) is 19.7. The fourth-order valence-corrected chi connectivity index (χ4v) is 3.77. The van der Waals surface area contributed by atoms with Gasteiger partial charge < -0.3 is 0 Å². The molecule has 0 aliphatic carbocycles. The Kier molecular flexibility index (Phi) is 5.58. The molecule has 0 atom stereocenters. The lowest BCUT2D eigenvalue weighted by molar-refractivity contribution is 0.0834. The average molecular weight is 374 g/mol. The van der Waals surface area contributed by atoms with Gasteiger partial charge in [-0.25, -0.2) is 4.39 Å². The molecule has 28 heavy (non-hydrogen) atoms. The first-order valence-corrected chi connectivity index (χ1v) is 9.72. The van der Waals surface area contributed by atoms with Crippen LogP contribution in [-0.2, 0) is 6.54 Å². The van der Waals surface area contributed by atoms with Crippen molar-refractivity contribution >= 4 is 5.78 Å². The summed E-state index contributed by atoms with van der Waals surface area (Å²) >= 11 is 0. The van der Waals surface area contributed by atoms with E-state index >= 15 is 0 Å². The Morgan fingerprint density at radius 2 is 1.64 bits per heavy atom. The van der Waals surface area contributed by atoms with E-state index in [1.165, 1.54) is 12.1 Å². The van der Waals surface area contributed by atoms with Crippen LogP contribution in [0.5, 0.6) is 0 Å². The van der Waals surface area contributed by atoms with Gasteiger partial charge in [0.15, 0.2) is 5.78 Å². The van der Waals surface area contributed by atoms with Crippen LogP contribution in [0.15, 0.2) is 72.8 Å². The van der Waals surface area contributed by atoms with Crippen molar-refractivity contribution in [3.8, 4) is 11.3 Å². The fraction of sp³-hybridized carbons (Fsp3) is 0.250. The number of halogens is 1. The minimum Gasteiger partial charge on any atom is -0.297 e. The first kappa shape index (κ1) is 18.5. The van der Waals surface area contributed by atoms with Crippen LogP contribution in [0.3, 0.4) is 0 Å². The van der Waals surface area contributed by atoms with E-state index in [4.69, 9.17) is 4.98 Å². The van der Waals surface area contributed by atoms with Crippen LogP contribution in [0, 0.1) is 11.7 Å². The molecule has 3 nitrogen and oxygen atoms in total. The predicted molar refractivity (Wildman–Crippen MR) is 108 cm³/mol. The second-order valence-electron chi connectivity index (χ2n) is 7.30. The number of benzene rings is 2. The summed E-state index contributed by atoms with van der Waals surface area (Å²) in [5.41, 5.74) is 3.58. The van der Waals surface area contributed by atoms with Gasteiger partial charge in [0.1, 0.15) is 5.82 Å². The summed E-state index contributed by atoms with van der Waals surface area (Å²) in [6.07, 6.45) is 1.76. The molecule has 0 radical (unpaired) electrons. The molecular weight excluding hydrogens is 351 g/mol. The summed E-state index contributed by atoms with van der Waals surface area (Å²) in [5, 5.41) is 0. The van der Waals surface area contributed by atoms with Gasteiger partial charge in [-0.15, -0.1) is 0 Å². The number of likely N-dealkylation sites (tertiary alicyclic amines) is 1. The Balaban J connectivity index is 1.37. The number of carbonyl (C=O) groups excluding carboxylic acids is 1. The Bertz CT molecular complexity index is 932. The van der Waals surface area contributed by atoms with Crippen LogP contribution < -0.4 is 0 Å². The number of nitrogens with zero attached hydrogens (tertiary/aromatic N) is 2. The van der Waals surface area contributed by atoms with Crippen molar-refractivity contribution < 1.29 is 9.18 Å². The van der Waals surface area contributed by atoms with Gasteiger partial charge in [0.25, 0.3) is 0 Å². The number of ketones is 1. The van der Waals surface area contributed by atoms with E-state index < -0.39 is 0 Å². The second kappa shape index (κ2) is 8.44. The number of aromatic nitrogens is 1. The van der Waals surface area contributed by atoms with Crippen LogP contribution in [0.1, 0.15) is 28.9 Å². The molecule has 142 valence electrons. The molecular formula is C24H23FN2O. The van der Waals surface area contributed by atoms with Gasteiger partial charge in [0.2, 0.25) is 0 Å². The van der Waals surface area contributed by atoms with Crippen molar-refractivity contribution in [3.05, 3.63) is 89.9 Å². The molecule has 1 aliphatic heterocycles. The Hall–Kier alpha value is -2.85. The highest BCUT2D eigenvalue weighted by atomic mass is 19.1. The second-order valence-corrected chi connectivity index (χ2v) is 7.30. The number of Topliss-reactive ketones (excluding diaryl/α,β-unsaturated/α-hetero) is 1. The summed E-state index contributed by atoms with van der Waals surface area (Å²) in [6.45, 7) is 2.55. The van der Waals surface area contributed by atoms with Crippen LogP contribution in [0.4, 0.5) is 4.39 Å². The predicted octanol–water partition coefficient (Wildman–Crippen LogP) is 4.98. The van der Waals surface area contributed by atoms with Crippen LogP contribution in [0.2, 0.25) is 0 Å². The van der Waals surface area contributed by atoms with Crippen LogP contribution in [-0.4, -0.2) is 28.8 Å². The molecule has 3 aromatic rings. The van der Waals surface area contributed by atoms with E-state index in [0.29, 0.717) is 0 Å². The number of piperidine rings is 1. The van der Waals surface area contributed by atoms with E-state index in [0.717, 1.165) is 55.0 Å². The molecule has 0 N–H and O–H groups in total. The number of carbonyl (C=O) groups is 1. The number of pyridine rings is 1. The zero-order valence-corrected chi connectivity index (χ0v) is 15.7. The summed E-state index contributed by atoms with van der Waals surface area (Å²) in [6, 6.07) is 22.0. The minimum atomic E-state index is -0.243. The maximum atomic E-state index is 13.1. The molecule has 4 rings (SSSR count). The highest BCUT2D eigenvalue weighted by Crippen LogP contribution is 2.23. The zero-order chi connectivity index (χ0) is 19.3.